The van der Waals surface area contributed by atoms with E-state index in [9.17, 15) is 4.79 Å². The first-order valence-corrected chi connectivity index (χ1v) is 6.83. The van der Waals surface area contributed by atoms with E-state index in [4.69, 9.17) is 9.47 Å². The van der Waals surface area contributed by atoms with E-state index < -0.39 is 0 Å². The van der Waals surface area contributed by atoms with Crippen molar-refractivity contribution in [3.05, 3.63) is 29.8 Å². The van der Waals surface area contributed by atoms with Gasteiger partial charge in [-0.2, -0.15) is 0 Å². The van der Waals surface area contributed by atoms with Crippen LogP contribution in [0.2, 0.25) is 0 Å². The monoisotopic (exact) mass is 277 g/mol. The molecule has 0 aromatic heterocycles. The maximum Gasteiger partial charge on any atom is 0.244 e. The van der Waals surface area contributed by atoms with Crippen LogP contribution in [0.15, 0.2) is 24.3 Å². The van der Waals surface area contributed by atoms with Crippen LogP contribution < -0.4 is 14.8 Å². The van der Waals surface area contributed by atoms with E-state index in [1.807, 2.05) is 25.1 Å². The molecule has 0 spiro atoms. The first-order valence-electron chi connectivity index (χ1n) is 6.83. The van der Waals surface area contributed by atoms with Crippen LogP contribution in [0, 0.1) is 5.92 Å². The van der Waals surface area contributed by atoms with Gasteiger partial charge in [0.05, 0.1) is 13.7 Å². The summed E-state index contributed by atoms with van der Waals surface area (Å²) in [6.45, 7) is 7.30. The first kappa shape index (κ1) is 16.1. The molecule has 0 saturated carbocycles. The van der Waals surface area contributed by atoms with Crippen LogP contribution >= 0.6 is 0 Å². The highest BCUT2D eigenvalue weighted by molar-refractivity contribution is 5.91. The Morgan fingerprint density at radius 3 is 2.70 bits per heavy atom. The Labute approximate surface area is 120 Å². The minimum atomic E-state index is -0.0912. The third kappa shape index (κ3) is 5.34. The average Bonchev–Trinajstić information content (AvgIpc) is 2.44. The van der Waals surface area contributed by atoms with E-state index in [1.54, 1.807) is 13.2 Å². The predicted molar refractivity (Wildman–Crippen MR) is 81.0 cm³/mol. The van der Waals surface area contributed by atoms with E-state index in [2.05, 4.69) is 19.2 Å². The number of carbonyl (C=O) groups is 1. The molecule has 1 amide bonds. The van der Waals surface area contributed by atoms with Gasteiger partial charge in [-0.05, 0) is 36.6 Å². The second-order valence-corrected chi connectivity index (χ2v) is 4.82. The number of amides is 1. The van der Waals surface area contributed by atoms with Crippen LogP contribution in [0.4, 0.5) is 0 Å². The molecule has 1 aromatic rings. The molecular weight excluding hydrogens is 254 g/mol. The maximum atomic E-state index is 11.6. The van der Waals surface area contributed by atoms with Crippen molar-refractivity contribution in [2.75, 3.05) is 20.3 Å². The first-order chi connectivity index (χ1) is 9.56. The van der Waals surface area contributed by atoms with Crippen LogP contribution in [-0.4, -0.2) is 26.2 Å². The third-order valence-electron chi connectivity index (χ3n) is 2.60. The van der Waals surface area contributed by atoms with Gasteiger partial charge in [0.2, 0.25) is 5.91 Å². The molecule has 110 valence electrons. The summed E-state index contributed by atoms with van der Waals surface area (Å²) < 4.78 is 10.7. The van der Waals surface area contributed by atoms with Gasteiger partial charge >= 0.3 is 0 Å². The van der Waals surface area contributed by atoms with Crippen LogP contribution in [0.1, 0.15) is 26.3 Å². The Hall–Kier alpha value is -1.97. The number of ether oxygens (including phenoxy) is 2. The summed E-state index contributed by atoms with van der Waals surface area (Å²) in [6.07, 6.45) is 3.28. The van der Waals surface area contributed by atoms with Gasteiger partial charge < -0.3 is 14.8 Å². The molecule has 20 heavy (non-hydrogen) atoms. The van der Waals surface area contributed by atoms with Gasteiger partial charge in [-0.1, -0.05) is 19.9 Å². The van der Waals surface area contributed by atoms with Gasteiger partial charge in [0.1, 0.15) is 0 Å². The van der Waals surface area contributed by atoms with Crippen LogP contribution in [0.5, 0.6) is 11.5 Å². The lowest BCUT2D eigenvalue weighted by Crippen LogP contribution is -2.25. The lowest BCUT2D eigenvalue weighted by Gasteiger charge is -2.09. The molecule has 0 heterocycles. The molecule has 0 aliphatic heterocycles. The van der Waals surface area contributed by atoms with Crippen molar-refractivity contribution in [2.45, 2.75) is 20.8 Å². The number of nitrogens with one attached hydrogen (secondary N) is 1. The highest BCUT2D eigenvalue weighted by atomic mass is 16.5. The summed E-state index contributed by atoms with van der Waals surface area (Å²) in [5, 5.41) is 2.83. The quantitative estimate of drug-likeness (QED) is 0.780. The van der Waals surface area contributed by atoms with Crippen molar-refractivity contribution >= 4 is 12.0 Å². The second kappa shape index (κ2) is 8.25. The number of benzene rings is 1. The fourth-order valence-electron chi connectivity index (χ4n) is 1.60. The van der Waals surface area contributed by atoms with Gasteiger partial charge in [0.15, 0.2) is 11.5 Å². The lowest BCUT2D eigenvalue weighted by molar-refractivity contribution is -0.116. The van der Waals surface area contributed by atoms with Gasteiger partial charge in [-0.25, -0.2) is 0 Å². The molecule has 0 bridgehead atoms. The molecule has 1 rings (SSSR count). The Kier molecular flexibility index (Phi) is 6.64. The van der Waals surface area contributed by atoms with E-state index in [0.717, 1.165) is 5.56 Å². The normalized spacial score (nSPS) is 10.8. The minimum absolute atomic E-state index is 0.0912. The minimum Gasteiger partial charge on any atom is -0.493 e. The molecule has 0 radical (unpaired) electrons. The van der Waals surface area contributed by atoms with Gasteiger partial charge in [0.25, 0.3) is 0 Å². The fourth-order valence-corrected chi connectivity index (χ4v) is 1.60. The SMILES string of the molecule is CCOc1ccc(/C=C/C(=O)NCC(C)C)cc1OC. The lowest BCUT2D eigenvalue weighted by atomic mass is 10.2. The summed E-state index contributed by atoms with van der Waals surface area (Å²) in [7, 11) is 1.60. The number of rotatable bonds is 7. The molecule has 0 unspecified atom stereocenters. The number of hydrogen-bond donors (Lipinski definition) is 1. The molecule has 0 aliphatic rings. The summed E-state index contributed by atoms with van der Waals surface area (Å²) in [6, 6.07) is 5.57. The predicted octanol–water partition coefficient (Wildman–Crippen LogP) is 2.88. The smallest absolute Gasteiger partial charge is 0.244 e. The van der Waals surface area contributed by atoms with Crippen LogP contribution in [-0.2, 0) is 4.79 Å². The Morgan fingerprint density at radius 2 is 2.10 bits per heavy atom. The molecule has 0 aliphatic carbocycles. The summed E-state index contributed by atoms with van der Waals surface area (Å²) in [5.41, 5.74) is 0.894. The number of methoxy groups -OCH3 is 1. The largest absolute Gasteiger partial charge is 0.493 e. The zero-order valence-corrected chi connectivity index (χ0v) is 12.6. The zero-order chi connectivity index (χ0) is 15.0. The Morgan fingerprint density at radius 1 is 1.35 bits per heavy atom. The Bertz CT molecular complexity index is 467. The van der Waals surface area contributed by atoms with Crippen molar-refractivity contribution in [3.8, 4) is 11.5 Å². The average molecular weight is 277 g/mol. The molecular formula is C16H23NO3. The third-order valence-corrected chi connectivity index (χ3v) is 2.60. The topological polar surface area (TPSA) is 47.6 Å². The van der Waals surface area contributed by atoms with Gasteiger partial charge in [-0.3, -0.25) is 4.79 Å². The molecule has 1 N–H and O–H groups in total. The van der Waals surface area contributed by atoms with Gasteiger partial charge in [-0.15, -0.1) is 0 Å². The van der Waals surface area contributed by atoms with Crippen molar-refractivity contribution in [3.63, 3.8) is 0 Å². The number of hydrogen-bond acceptors (Lipinski definition) is 3. The van der Waals surface area contributed by atoms with Crippen molar-refractivity contribution < 1.29 is 14.3 Å². The van der Waals surface area contributed by atoms with Crippen molar-refractivity contribution in [1.82, 2.24) is 5.32 Å². The standard InChI is InChI=1S/C16H23NO3/c1-5-20-14-8-6-13(10-15(14)19-4)7-9-16(18)17-11-12(2)3/h6-10,12H,5,11H2,1-4H3,(H,17,18)/b9-7+. The van der Waals surface area contributed by atoms with Gasteiger partial charge in [0, 0.05) is 12.6 Å². The number of carbonyl (C=O) groups excluding carboxylic acids is 1. The van der Waals surface area contributed by atoms with E-state index in [0.29, 0.717) is 30.6 Å². The zero-order valence-electron chi connectivity index (χ0n) is 12.6. The Balaban J connectivity index is 2.70. The van der Waals surface area contributed by atoms with Crippen molar-refractivity contribution in [1.29, 1.82) is 0 Å². The highest BCUT2D eigenvalue weighted by Crippen LogP contribution is 2.28. The molecule has 4 nitrogen and oxygen atoms in total. The molecule has 0 atom stereocenters. The van der Waals surface area contributed by atoms with E-state index in [1.165, 1.54) is 6.08 Å². The summed E-state index contributed by atoms with van der Waals surface area (Å²) in [5.74, 6) is 1.72. The summed E-state index contributed by atoms with van der Waals surface area (Å²) >= 11 is 0. The van der Waals surface area contributed by atoms with E-state index >= 15 is 0 Å². The second-order valence-electron chi connectivity index (χ2n) is 4.82. The van der Waals surface area contributed by atoms with Crippen molar-refractivity contribution in [2.24, 2.45) is 5.92 Å². The van der Waals surface area contributed by atoms with E-state index in [-0.39, 0.29) is 5.91 Å². The summed E-state index contributed by atoms with van der Waals surface area (Å²) in [4.78, 5) is 11.6. The molecule has 0 saturated heterocycles. The molecule has 0 fully saturated rings. The maximum absolute atomic E-state index is 11.6. The van der Waals surface area contributed by atoms with Crippen LogP contribution in [0.3, 0.4) is 0 Å². The highest BCUT2D eigenvalue weighted by Gasteiger charge is 2.04. The fraction of sp³-hybridized carbons (Fsp3) is 0.438. The molecule has 4 heteroatoms. The van der Waals surface area contributed by atoms with Crippen LogP contribution in [0.25, 0.3) is 6.08 Å². The molecule has 1 aromatic carbocycles.